The molecule has 0 aromatic heterocycles. The summed E-state index contributed by atoms with van der Waals surface area (Å²) in [6.45, 7) is 24.8. The second-order valence-electron chi connectivity index (χ2n) is 12.4. The summed E-state index contributed by atoms with van der Waals surface area (Å²) in [7, 11) is 0. The molecule has 0 radical (unpaired) electrons. The van der Waals surface area contributed by atoms with Gasteiger partial charge >= 0.3 is 23.9 Å². The van der Waals surface area contributed by atoms with E-state index in [9.17, 15) is 19.2 Å². The lowest BCUT2D eigenvalue weighted by Crippen LogP contribution is -2.10. The van der Waals surface area contributed by atoms with E-state index >= 15 is 0 Å². The number of ether oxygens (including phenoxy) is 4. The van der Waals surface area contributed by atoms with Gasteiger partial charge in [0, 0.05) is 22.3 Å². The van der Waals surface area contributed by atoms with Gasteiger partial charge in [-0.3, -0.25) is 0 Å². The Balaban J connectivity index is 1.88. The summed E-state index contributed by atoms with van der Waals surface area (Å²) < 4.78 is 22.2. The molecule has 0 unspecified atom stereocenters. The van der Waals surface area contributed by atoms with E-state index in [-0.39, 0.29) is 22.3 Å². The molecule has 0 aliphatic carbocycles. The molecule has 4 aromatic rings. The fourth-order valence-electron chi connectivity index (χ4n) is 5.07. The normalized spacial score (nSPS) is 10.5. The van der Waals surface area contributed by atoms with Gasteiger partial charge in [0.25, 0.3) is 0 Å². The van der Waals surface area contributed by atoms with Gasteiger partial charge in [0.2, 0.25) is 0 Å². The molecule has 0 aliphatic rings. The second kappa shape index (κ2) is 16.0. The zero-order valence-electron chi connectivity index (χ0n) is 29.7. The molecule has 51 heavy (non-hydrogen) atoms. The Bertz CT molecular complexity index is 1980. The van der Waals surface area contributed by atoms with Gasteiger partial charge in [-0.1, -0.05) is 50.6 Å². The molecule has 0 amide bonds. The highest BCUT2D eigenvalue weighted by Crippen LogP contribution is 2.38. The van der Waals surface area contributed by atoms with E-state index in [1.807, 2.05) is 38.1 Å². The van der Waals surface area contributed by atoms with E-state index in [1.165, 1.54) is 0 Å². The van der Waals surface area contributed by atoms with Gasteiger partial charge in [0.05, 0.1) is 0 Å². The van der Waals surface area contributed by atoms with Crippen LogP contribution in [0.1, 0.15) is 49.9 Å². The van der Waals surface area contributed by atoms with Gasteiger partial charge < -0.3 is 18.9 Å². The zero-order chi connectivity index (χ0) is 37.6. The Morgan fingerprint density at radius 1 is 0.431 bits per heavy atom. The fraction of sp³-hybridized carbons (Fsp3) is 0.163. The monoisotopic (exact) mass is 684 g/mol. The van der Waals surface area contributed by atoms with Gasteiger partial charge in [-0.15, -0.1) is 0 Å². The topological polar surface area (TPSA) is 105 Å². The summed E-state index contributed by atoms with van der Waals surface area (Å²) in [5.41, 5.74) is 7.64. The Morgan fingerprint density at radius 3 is 0.941 bits per heavy atom. The first-order valence-electron chi connectivity index (χ1n) is 16.0. The van der Waals surface area contributed by atoms with Crippen molar-refractivity contribution >= 4 is 23.9 Å². The molecule has 0 heterocycles. The quantitative estimate of drug-likeness (QED) is 0.0827. The first-order valence-corrected chi connectivity index (χ1v) is 16.0. The van der Waals surface area contributed by atoms with Crippen molar-refractivity contribution in [1.29, 1.82) is 0 Å². The van der Waals surface area contributed by atoms with Crippen LogP contribution >= 0.6 is 0 Å². The molecule has 0 atom stereocenters. The Hall–Kier alpha value is -6.28. The van der Waals surface area contributed by atoms with Crippen molar-refractivity contribution in [1.82, 2.24) is 0 Å². The third-order valence-electron chi connectivity index (χ3n) is 7.75. The molecule has 0 fully saturated rings. The molecule has 0 aliphatic heterocycles. The van der Waals surface area contributed by atoms with Crippen molar-refractivity contribution in [2.45, 2.75) is 48.0 Å². The van der Waals surface area contributed by atoms with Crippen LogP contribution in [0.4, 0.5) is 0 Å². The number of rotatable bonds is 12. The van der Waals surface area contributed by atoms with E-state index in [0.29, 0.717) is 29.4 Å². The molecule has 4 aromatic carbocycles. The van der Waals surface area contributed by atoms with E-state index in [4.69, 9.17) is 18.9 Å². The van der Waals surface area contributed by atoms with E-state index in [2.05, 4.69) is 26.3 Å². The van der Waals surface area contributed by atoms with Crippen LogP contribution in [0.2, 0.25) is 0 Å². The molecule has 0 N–H and O–H groups in total. The van der Waals surface area contributed by atoms with E-state index < -0.39 is 23.9 Å². The largest absolute Gasteiger partial charge is 0.423 e. The average molecular weight is 685 g/mol. The van der Waals surface area contributed by atoms with Crippen LogP contribution in [0.25, 0.3) is 22.3 Å². The highest BCUT2D eigenvalue weighted by molar-refractivity contribution is 5.91. The summed E-state index contributed by atoms with van der Waals surface area (Å²) in [5.74, 6) is -0.792. The maximum atomic E-state index is 12.5. The number of carbonyl (C=O) groups is 4. The smallest absolute Gasteiger partial charge is 0.338 e. The third kappa shape index (κ3) is 9.45. The third-order valence-corrected chi connectivity index (χ3v) is 7.75. The van der Waals surface area contributed by atoms with Crippen LogP contribution < -0.4 is 18.9 Å². The van der Waals surface area contributed by atoms with Crippen molar-refractivity contribution in [2.24, 2.45) is 0 Å². The molecule has 0 spiro atoms. The highest BCUT2D eigenvalue weighted by atomic mass is 16.5. The van der Waals surface area contributed by atoms with Gasteiger partial charge in [-0.25, -0.2) is 19.2 Å². The molecule has 0 bridgehead atoms. The maximum absolute atomic E-state index is 12.5. The molecule has 4 rings (SSSR count). The molecule has 0 saturated carbocycles. The van der Waals surface area contributed by atoms with Crippen molar-refractivity contribution in [3.63, 3.8) is 0 Å². The number of esters is 4. The first kappa shape index (κ1) is 37.5. The summed E-state index contributed by atoms with van der Waals surface area (Å²) in [5, 5.41) is 0. The van der Waals surface area contributed by atoms with Crippen molar-refractivity contribution in [3.8, 4) is 45.3 Å². The van der Waals surface area contributed by atoms with Crippen LogP contribution in [0.3, 0.4) is 0 Å². The Labute approximate surface area is 298 Å². The average Bonchev–Trinajstić information content (AvgIpc) is 3.05. The minimum Gasteiger partial charge on any atom is -0.423 e. The zero-order valence-corrected chi connectivity index (χ0v) is 29.7. The summed E-state index contributed by atoms with van der Waals surface area (Å²) >= 11 is 0. The summed E-state index contributed by atoms with van der Waals surface area (Å²) in [4.78, 5) is 49.4. The predicted molar refractivity (Wildman–Crippen MR) is 198 cm³/mol. The van der Waals surface area contributed by atoms with Gasteiger partial charge in [0.1, 0.15) is 23.0 Å². The van der Waals surface area contributed by atoms with Crippen LogP contribution in [-0.4, -0.2) is 23.9 Å². The summed E-state index contributed by atoms with van der Waals surface area (Å²) in [6, 6.07) is 21.4. The highest BCUT2D eigenvalue weighted by Gasteiger charge is 2.19. The standard InChI is InChI=1S/C43H40O8/c1-24(2)40(44)48-32-11-15-36(28(9)19-32)38-17-13-34(50-42(46)26(5)6)22-30(38)21-31-23-35(51-43(47)27(7)8)14-18-39(31)37-16-12-33(20-29(37)10)49-41(45)25(3)4/h11-20,22-23H,1,3,5,7,21H2,2,4,6,8-10H3. The van der Waals surface area contributed by atoms with Crippen LogP contribution in [0.5, 0.6) is 23.0 Å². The molecule has 0 saturated heterocycles. The molecule has 260 valence electrons. The van der Waals surface area contributed by atoms with Crippen molar-refractivity contribution in [3.05, 3.63) is 144 Å². The summed E-state index contributed by atoms with van der Waals surface area (Å²) in [6.07, 6.45) is 0.305. The second-order valence-corrected chi connectivity index (χ2v) is 12.4. The number of hydrogen-bond acceptors (Lipinski definition) is 8. The SMILES string of the molecule is C=C(C)C(=O)Oc1ccc(-c2ccc(OC(=O)C(=C)C)cc2Cc2cc(OC(=O)C(=C)C)ccc2-c2ccc(OC(=O)C(=C)C)cc2C)c(C)c1. The fourth-order valence-corrected chi connectivity index (χ4v) is 5.07. The van der Waals surface area contributed by atoms with E-state index in [0.717, 1.165) is 44.5 Å². The number of benzene rings is 4. The van der Waals surface area contributed by atoms with E-state index in [1.54, 1.807) is 76.2 Å². The molecular weight excluding hydrogens is 644 g/mol. The van der Waals surface area contributed by atoms with Crippen molar-refractivity contribution < 1.29 is 38.1 Å². The maximum Gasteiger partial charge on any atom is 0.338 e. The van der Waals surface area contributed by atoms with Crippen LogP contribution in [0.15, 0.2) is 121 Å². The number of aryl methyl sites for hydroxylation is 2. The minimum atomic E-state index is -0.564. The molecule has 8 nitrogen and oxygen atoms in total. The molecule has 8 heteroatoms. The van der Waals surface area contributed by atoms with Gasteiger partial charge in [-0.2, -0.15) is 0 Å². The lowest BCUT2D eigenvalue weighted by molar-refractivity contribution is -0.130. The number of carbonyl (C=O) groups excluding carboxylic acids is 4. The lowest BCUT2D eigenvalue weighted by atomic mass is 9.88. The number of hydrogen-bond donors (Lipinski definition) is 0. The first-order chi connectivity index (χ1) is 24.0. The van der Waals surface area contributed by atoms with Crippen LogP contribution in [0, 0.1) is 13.8 Å². The minimum absolute atomic E-state index is 0.249. The molecular formula is C43H40O8. The van der Waals surface area contributed by atoms with Crippen molar-refractivity contribution in [2.75, 3.05) is 0 Å². The van der Waals surface area contributed by atoms with Gasteiger partial charge in [0.15, 0.2) is 0 Å². The predicted octanol–water partition coefficient (Wildman–Crippen LogP) is 9.15. The Morgan fingerprint density at radius 2 is 0.686 bits per heavy atom. The van der Waals surface area contributed by atoms with Gasteiger partial charge in [-0.05, 0) is 141 Å². The van der Waals surface area contributed by atoms with Crippen LogP contribution in [-0.2, 0) is 25.6 Å². The lowest BCUT2D eigenvalue weighted by Gasteiger charge is -2.19. The Kier molecular flexibility index (Phi) is 11.7.